The number of ketones is 2. The fourth-order valence-electron chi connectivity index (χ4n) is 5.27. The third-order valence-electron chi connectivity index (χ3n) is 7.09. The predicted octanol–water partition coefficient (Wildman–Crippen LogP) is -0.174. The molecule has 0 bridgehead atoms. The van der Waals surface area contributed by atoms with E-state index in [4.69, 9.17) is 32.7 Å². The van der Waals surface area contributed by atoms with Crippen LogP contribution in [0, 0.1) is 17.8 Å². The molecule has 0 radical (unpaired) electrons. The lowest BCUT2D eigenvalue weighted by atomic mass is 9.61. The Morgan fingerprint density at radius 2 is 1.34 bits per heavy atom. The first-order valence-electron chi connectivity index (χ1n) is 13.2. The fourth-order valence-corrected chi connectivity index (χ4v) is 5.70. The molecule has 12 nitrogen and oxygen atoms in total. The van der Waals surface area contributed by atoms with Crippen LogP contribution in [0.2, 0.25) is 0 Å². The maximum absolute atomic E-state index is 14.2. The number of hydrogen-bond acceptors (Lipinski definition) is 12. The van der Waals surface area contributed by atoms with Gasteiger partial charge in [-0.05, 0) is 31.5 Å². The number of benzene rings is 1. The summed E-state index contributed by atoms with van der Waals surface area (Å²) in [6, 6.07) is 3.63. The zero-order valence-corrected chi connectivity index (χ0v) is 24.3. The number of hydrogen-bond donors (Lipinski definition) is 5. The Morgan fingerprint density at radius 3 is 1.73 bits per heavy atom. The zero-order valence-electron chi connectivity index (χ0n) is 22.8. The van der Waals surface area contributed by atoms with Crippen molar-refractivity contribution in [3.05, 3.63) is 29.8 Å². The third kappa shape index (κ3) is 7.95. The van der Waals surface area contributed by atoms with Crippen LogP contribution >= 0.6 is 23.2 Å². The van der Waals surface area contributed by atoms with E-state index < -0.39 is 78.1 Å². The molecule has 1 fully saturated rings. The second-order valence-corrected chi connectivity index (χ2v) is 10.3. The lowest BCUT2D eigenvalue weighted by Gasteiger charge is -2.45. The SMILES string of the molecule is CCOC(=O)C1C(=O)C(C(C(O)C(O)C(O)CO)N(CCCl)CCCl)C(=O)C(C(=O)OCC)C1c1ccc(O)cc1. The van der Waals surface area contributed by atoms with Gasteiger partial charge in [-0.3, -0.25) is 24.1 Å². The molecule has 6 unspecified atom stereocenters. The molecule has 1 aromatic rings. The van der Waals surface area contributed by atoms with E-state index in [0.29, 0.717) is 0 Å². The van der Waals surface area contributed by atoms with Gasteiger partial charge in [-0.1, -0.05) is 12.1 Å². The van der Waals surface area contributed by atoms with Crippen molar-refractivity contribution in [2.24, 2.45) is 17.8 Å². The van der Waals surface area contributed by atoms with Gasteiger partial charge < -0.3 is 35.0 Å². The molecule has 0 spiro atoms. The van der Waals surface area contributed by atoms with E-state index in [1.165, 1.54) is 43.0 Å². The van der Waals surface area contributed by atoms with Gasteiger partial charge in [-0.2, -0.15) is 0 Å². The zero-order chi connectivity index (χ0) is 30.9. The van der Waals surface area contributed by atoms with Crippen LogP contribution in [0.1, 0.15) is 25.3 Å². The first kappa shape index (κ1) is 34.9. The predicted molar refractivity (Wildman–Crippen MR) is 147 cm³/mol. The van der Waals surface area contributed by atoms with E-state index in [2.05, 4.69) is 0 Å². The summed E-state index contributed by atoms with van der Waals surface area (Å²) in [5.74, 6) is -11.1. The lowest BCUT2D eigenvalue weighted by molar-refractivity contribution is -0.169. The Hall–Kier alpha value is -2.32. The van der Waals surface area contributed by atoms with E-state index in [1.54, 1.807) is 0 Å². The number of Topliss-reactive ketones (excluding diaryl/α,β-unsaturated/α-hetero) is 2. The van der Waals surface area contributed by atoms with E-state index in [1.807, 2.05) is 0 Å². The summed E-state index contributed by atoms with van der Waals surface area (Å²) in [7, 11) is 0. The Bertz CT molecular complexity index is 997. The Balaban J connectivity index is 2.85. The number of phenols is 1. The van der Waals surface area contributed by atoms with E-state index in [-0.39, 0.29) is 49.4 Å². The highest BCUT2D eigenvalue weighted by Gasteiger charge is 2.60. The molecule has 1 aliphatic carbocycles. The normalized spacial score (nSPS) is 24.0. The molecule has 0 heterocycles. The molecule has 0 aromatic heterocycles. The van der Waals surface area contributed by atoms with Gasteiger partial charge in [-0.15, -0.1) is 23.2 Å². The van der Waals surface area contributed by atoms with Gasteiger partial charge >= 0.3 is 11.9 Å². The van der Waals surface area contributed by atoms with Gasteiger partial charge in [0.15, 0.2) is 11.6 Å². The standard InChI is InChI=1S/C27H37Cl2NO11/c1-3-40-26(38)18-17(14-5-7-15(32)8-6-14)19(27(39)41-4-2)24(36)20(23(18)35)21(30(11-9-28)12-10-29)25(37)22(34)16(33)13-31/h5-8,16-22,25,31-34,37H,3-4,9-13H2,1-2H3. The molecule has 1 aromatic carbocycles. The van der Waals surface area contributed by atoms with Crippen LogP contribution in [-0.2, 0) is 28.7 Å². The minimum absolute atomic E-state index is 0.0511. The number of carbonyl (C=O) groups is 4. The Kier molecular flexibility index (Phi) is 13.9. The maximum Gasteiger partial charge on any atom is 0.317 e. The Morgan fingerprint density at radius 1 is 0.878 bits per heavy atom. The number of aliphatic hydroxyl groups excluding tert-OH is 4. The monoisotopic (exact) mass is 621 g/mol. The summed E-state index contributed by atoms with van der Waals surface area (Å²) in [5, 5.41) is 51.1. The highest BCUT2D eigenvalue weighted by Crippen LogP contribution is 2.44. The molecule has 14 heteroatoms. The number of carbonyl (C=O) groups excluding carboxylic acids is 4. The number of alkyl halides is 2. The van der Waals surface area contributed by atoms with Crippen LogP contribution in [0.5, 0.6) is 5.75 Å². The second-order valence-electron chi connectivity index (χ2n) is 9.49. The molecule has 1 aliphatic rings. The lowest BCUT2D eigenvalue weighted by Crippen LogP contribution is -2.64. The van der Waals surface area contributed by atoms with Crippen LogP contribution in [0.25, 0.3) is 0 Å². The molecule has 0 aliphatic heterocycles. The van der Waals surface area contributed by atoms with E-state index in [9.17, 15) is 44.7 Å². The minimum atomic E-state index is -2.05. The average molecular weight is 622 g/mol. The highest BCUT2D eigenvalue weighted by molar-refractivity contribution is 6.20. The number of ether oxygens (including phenoxy) is 2. The average Bonchev–Trinajstić information content (AvgIpc) is 2.94. The smallest absolute Gasteiger partial charge is 0.317 e. The van der Waals surface area contributed by atoms with Crippen LogP contribution in [0.3, 0.4) is 0 Å². The summed E-state index contributed by atoms with van der Waals surface area (Å²) < 4.78 is 10.4. The fraction of sp³-hybridized carbons (Fsp3) is 0.630. The summed E-state index contributed by atoms with van der Waals surface area (Å²) in [4.78, 5) is 56.5. The number of esters is 2. The van der Waals surface area contributed by atoms with Crippen molar-refractivity contribution in [1.82, 2.24) is 4.90 Å². The molecule has 5 N–H and O–H groups in total. The number of rotatable bonds is 15. The molecule has 41 heavy (non-hydrogen) atoms. The maximum atomic E-state index is 14.2. The van der Waals surface area contributed by atoms with E-state index in [0.717, 1.165) is 0 Å². The van der Waals surface area contributed by atoms with Gasteiger partial charge in [0.25, 0.3) is 0 Å². The first-order valence-corrected chi connectivity index (χ1v) is 14.3. The van der Waals surface area contributed by atoms with Crippen LogP contribution in [0.4, 0.5) is 0 Å². The van der Waals surface area contributed by atoms with Gasteiger partial charge in [0.05, 0.1) is 37.9 Å². The molecule has 2 rings (SSSR count). The topological polar surface area (TPSA) is 191 Å². The van der Waals surface area contributed by atoms with Gasteiger partial charge in [0.1, 0.15) is 29.8 Å². The van der Waals surface area contributed by atoms with Crippen molar-refractivity contribution in [2.45, 2.75) is 44.1 Å². The van der Waals surface area contributed by atoms with Gasteiger partial charge in [0.2, 0.25) is 0 Å². The number of nitrogens with zero attached hydrogens (tertiary/aromatic N) is 1. The molecule has 6 atom stereocenters. The Labute approximate surface area is 247 Å². The largest absolute Gasteiger partial charge is 0.508 e. The quantitative estimate of drug-likeness (QED) is 0.0988. The van der Waals surface area contributed by atoms with Crippen molar-refractivity contribution in [3.8, 4) is 5.75 Å². The number of aliphatic hydroxyl groups is 4. The minimum Gasteiger partial charge on any atom is -0.508 e. The highest BCUT2D eigenvalue weighted by atomic mass is 35.5. The molecular formula is C27H37Cl2NO11. The first-order chi connectivity index (χ1) is 19.5. The summed E-state index contributed by atoms with van der Waals surface area (Å²) in [5.41, 5.74) is 0.199. The van der Waals surface area contributed by atoms with Crippen LogP contribution < -0.4 is 0 Å². The van der Waals surface area contributed by atoms with Crippen molar-refractivity contribution in [1.29, 1.82) is 0 Å². The number of halogens is 2. The second kappa shape index (κ2) is 16.4. The van der Waals surface area contributed by atoms with Crippen molar-refractivity contribution in [3.63, 3.8) is 0 Å². The summed E-state index contributed by atoms with van der Waals surface area (Å²) in [6.07, 6.45) is -5.95. The van der Waals surface area contributed by atoms with Crippen molar-refractivity contribution in [2.75, 3.05) is 44.7 Å². The summed E-state index contributed by atoms with van der Waals surface area (Å²) >= 11 is 11.9. The molecule has 0 amide bonds. The van der Waals surface area contributed by atoms with Gasteiger partial charge in [-0.25, -0.2) is 0 Å². The molecule has 1 saturated carbocycles. The van der Waals surface area contributed by atoms with Gasteiger partial charge in [0, 0.05) is 30.8 Å². The number of phenolic OH excluding ortho intramolecular Hbond substituents is 1. The molecule has 0 saturated heterocycles. The molecular weight excluding hydrogens is 585 g/mol. The van der Waals surface area contributed by atoms with Crippen LogP contribution in [0.15, 0.2) is 24.3 Å². The van der Waals surface area contributed by atoms with Crippen molar-refractivity contribution < 1.29 is 54.2 Å². The summed E-state index contributed by atoms with van der Waals surface area (Å²) in [6.45, 7) is 1.69. The van der Waals surface area contributed by atoms with Crippen molar-refractivity contribution >= 4 is 46.7 Å². The third-order valence-corrected chi connectivity index (χ3v) is 7.43. The van der Waals surface area contributed by atoms with Crippen LogP contribution in [-0.4, -0.2) is 123 Å². The molecule has 230 valence electrons. The van der Waals surface area contributed by atoms with E-state index >= 15 is 0 Å². The number of aromatic hydroxyl groups is 1.